The summed E-state index contributed by atoms with van der Waals surface area (Å²) in [4.78, 5) is 39.8. The Kier molecular flexibility index (Phi) is 11.9. The molecular formula is C39H60F2O7. The Morgan fingerprint density at radius 2 is 1.56 bits per heavy atom. The van der Waals surface area contributed by atoms with Crippen LogP contribution in [-0.4, -0.2) is 65.2 Å². The minimum Gasteiger partial charge on any atom is -0.456 e. The SMILES string of the molecule is CCCCCCCCCCCCC1OC(CCC)O[C@@]2(CC[C@H]3[C@@H]4C[C@H](F)C5=CC(=O)CC[C@]5(C)[C@@]4(F)[C@@H](O)C[C@@]32C)C(=O)COC1=O. The van der Waals surface area contributed by atoms with Crippen LogP contribution < -0.4 is 0 Å². The molecule has 48 heavy (non-hydrogen) atoms. The molecule has 7 nitrogen and oxygen atoms in total. The molecule has 272 valence electrons. The minimum atomic E-state index is -2.16. The van der Waals surface area contributed by atoms with Gasteiger partial charge in [0.15, 0.2) is 24.8 Å². The molecule has 1 N–H and O–H groups in total. The lowest BCUT2D eigenvalue weighted by Crippen LogP contribution is -2.71. The maximum absolute atomic E-state index is 17.7. The smallest absolute Gasteiger partial charge is 0.335 e. The molecule has 0 aromatic carbocycles. The van der Waals surface area contributed by atoms with Gasteiger partial charge in [-0.25, -0.2) is 13.6 Å². The second-order valence-corrected chi connectivity index (χ2v) is 16.0. The Balaban J connectivity index is 1.32. The summed E-state index contributed by atoms with van der Waals surface area (Å²) in [6, 6.07) is 0. The summed E-state index contributed by atoms with van der Waals surface area (Å²) >= 11 is 0. The molecule has 1 aliphatic heterocycles. The number of aliphatic hydroxyl groups excluding tert-OH is 1. The highest BCUT2D eigenvalue weighted by Gasteiger charge is 2.76. The number of esters is 1. The molecule has 10 atom stereocenters. The number of carbonyl (C=O) groups is 3. The number of halogens is 2. The summed E-state index contributed by atoms with van der Waals surface area (Å²) in [5.74, 6) is -2.54. The number of rotatable bonds is 13. The van der Waals surface area contributed by atoms with Gasteiger partial charge in [0.1, 0.15) is 17.4 Å². The first-order chi connectivity index (χ1) is 22.9. The topological polar surface area (TPSA) is 99.1 Å². The van der Waals surface area contributed by atoms with Crippen molar-refractivity contribution in [1.82, 2.24) is 0 Å². The zero-order chi connectivity index (χ0) is 34.7. The minimum absolute atomic E-state index is 0.0704. The van der Waals surface area contributed by atoms with Crippen molar-refractivity contribution in [3.63, 3.8) is 0 Å². The molecule has 0 radical (unpaired) electrons. The number of allylic oxidation sites excluding steroid dienone is 1. The van der Waals surface area contributed by atoms with Gasteiger partial charge in [-0.2, -0.15) is 0 Å². The molecule has 1 heterocycles. The monoisotopic (exact) mass is 678 g/mol. The molecule has 0 bridgehead atoms. The van der Waals surface area contributed by atoms with E-state index in [0.717, 1.165) is 19.3 Å². The van der Waals surface area contributed by atoms with Gasteiger partial charge in [0.2, 0.25) is 5.78 Å². The van der Waals surface area contributed by atoms with Crippen LogP contribution in [0.15, 0.2) is 11.6 Å². The number of Topliss-reactive ketones (excluding diaryl/α,β-unsaturated/α-hetero) is 1. The molecule has 9 heteroatoms. The molecule has 0 aromatic rings. The van der Waals surface area contributed by atoms with E-state index in [4.69, 9.17) is 14.2 Å². The predicted octanol–water partition coefficient (Wildman–Crippen LogP) is 8.23. The lowest BCUT2D eigenvalue weighted by Gasteiger charge is -2.64. The zero-order valence-electron chi connectivity index (χ0n) is 29.8. The molecule has 5 aliphatic rings. The highest BCUT2D eigenvalue weighted by molar-refractivity contribution is 5.93. The predicted molar refractivity (Wildman–Crippen MR) is 179 cm³/mol. The normalized spacial score (nSPS) is 41.5. The van der Waals surface area contributed by atoms with Crippen LogP contribution in [0.5, 0.6) is 0 Å². The van der Waals surface area contributed by atoms with Crippen molar-refractivity contribution in [2.75, 3.05) is 6.61 Å². The molecule has 5 rings (SSSR count). The Bertz CT molecular complexity index is 1210. The fraction of sp³-hybridized carbons (Fsp3) is 0.872. The fourth-order valence-corrected chi connectivity index (χ4v) is 10.5. The second kappa shape index (κ2) is 15.3. The molecule has 0 amide bonds. The van der Waals surface area contributed by atoms with Crippen LogP contribution in [0.3, 0.4) is 0 Å². The molecule has 4 fully saturated rings. The Morgan fingerprint density at radius 1 is 0.896 bits per heavy atom. The summed E-state index contributed by atoms with van der Waals surface area (Å²) in [5.41, 5.74) is -5.87. The van der Waals surface area contributed by atoms with Crippen molar-refractivity contribution in [2.45, 2.75) is 186 Å². The Hall–Kier alpha value is -1.71. The number of cyclic esters (lactones) is 1. The van der Waals surface area contributed by atoms with Crippen molar-refractivity contribution in [1.29, 1.82) is 0 Å². The van der Waals surface area contributed by atoms with E-state index in [1.54, 1.807) is 6.92 Å². The number of ether oxygens (including phenoxy) is 3. The number of unbranched alkanes of at least 4 members (excludes halogenated alkanes) is 9. The molecule has 1 saturated heterocycles. The fourth-order valence-electron chi connectivity index (χ4n) is 10.5. The van der Waals surface area contributed by atoms with Gasteiger partial charge < -0.3 is 19.3 Å². The number of aliphatic hydroxyl groups is 1. The van der Waals surface area contributed by atoms with E-state index in [1.165, 1.54) is 51.0 Å². The zero-order valence-corrected chi connectivity index (χ0v) is 29.8. The maximum Gasteiger partial charge on any atom is 0.335 e. The van der Waals surface area contributed by atoms with Crippen LogP contribution in [-0.2, 0) is 28.6 Å². The van der Waals surface area contributed by atoms with Crippen LogP contribution in [0.1, 0.15) is 150 Å². The van der Waals surface area contributed by atoms with Crippen molar-refractivity contribution < 1.29 is 42.5 Å². The number of ketones is 2. The van der Waals surface area contributed by atoms with Gasteiger partial charge in [-0.1, -0.05) is 98.3 Å². The molecule has 4 aliphatic carbocycles. The van der Waals surface area contributed by atoms with Gasteiger partial charge >= 0.3 is 5.97 Å². The van der Waals surface area contributed by atoms with E-state index in [9.17, 15) is 19.5 Å². The van der Waals surface area contributed by atoms with E-state index >= 15 is 8.78 Å². The Labute approximate surface area is 286 Å². The van der Waals surface area contributed by atoms with Crippen molar-refractivity contribution in [3.8, 4) is 0 Å². The van der Waals surface area contributed by atoms with Crippen molar-refractivity contribution in [3.05, 3.63) is 11.6 Å². The number of carbonyl (C=O) groups excluding carboxylic acids is 3. The van der Waals surface area contributed by atoms with Crippen LogP contribution in [0.25, 0.3) is 0 Å². The van der Waals surface area contributed by atoms with E-state index in [2.05, 4.69) is 6.92 Å². The van der Waals surface area contributed by atoms with E-state index < -0.39 is 77.0 Å². The van der Waals surface area contributed by atoms with Gasteiger partial charge in [-0.05, 0) is 62.5 Å². The van der Waals surface area contributed by atoms with Crippen LogP contribution in [0.2, 0.25) is 0 Å². The van der Waals surface area contributed by atoms with Crippen LogP contribution in [0.4, 0.5) is 8.78 Å². The molecular weight excluding hydrogens is 618 g/mol. The third kappa shape index (κ3) is 6.58. The maximum atomic E-state index is 17.7. The average Bonchev–Trinajstić information content (AvgIpc) is 3.35. The van der Waals surface area contributed by atoms with Gasteiger partial charge in [-0.15, -0.1) is 0 Å². The largest absolute Gasteiger partial charge is 0.456 e. The van der Waals surface area contributed by atoms with Gasteiger partial charge in [0.25, 0.3) is 0 Å². The van der Waals surface area contributed by atoms with E-state index in [1.807, 2.05) is 13.8 Å². The highest BCUT2D eigenvalue weighted by atomic mass is 19.1. The second-order valence-electron chi connectivity index (χ2n) is 16.0. The Morgan fingerprint density at radius 3 is 2.23 bits per heavy atom. The average molecular weight is 679 g/mol. The van der Waals surface area contributed by atoms with E-state index in [0.29, 0.717) is 25.7 Å². The van der Waals surface area contributed by atoms with Gasteiger partial charge in [0.05, 0.1) is 6.10 Å². The van der Waals surface area contributed by atoms with Gasteiger partial charge in [-0.3, -0.25) is 9.59 Å². The summed E-state index contributed by atoms with van der Waals surface area (Å²) in [7, 11) is 0. The van der Waals surface area contributed by atoms with Crippen LogP contribution >= 0.6 is 0 Å². The number of fused-ring (bicyclic) bond motifs is 6. The van der Waals surface area contributed by atoms with Crippen molar-refractivity contribution in [2.24, 2.45) is 22.7 Å². The summed E-state index contributed by atoms with van der Waals surface area (Å²) in [6.07, 6.45) is 10.5. The standard InChI is InChI=1S/C39H60F2O7/c1-5-7-8-9-10-11-12-13-14-15-17-31-35(45)46-25-33(44)38(48-34(47-31)16-6-2)21-19-27-28-23-30(40)29-22-26(42)18-20-36(29,3)39(28,41)32(43)24-37(27,38)4/h22,27-28,30-32,34,43H,5-21,23-25H2,1-4H3/t27-,28-,30-,31?,32-,34?,36-,37-,38-,39-/m0/s1. The summed E-state index contributed by atoms with van der Waals surface area (Å²) in [6.45, 7) is 7.23. The lowest BCUT2D eigenvalue weighted by molar-refractivity contribution is -0.274. The lowest BCUT2D eigenvalue weighted by atomic mass is 9.43. The van der Waals surface area contributed by atoms with Gasteiger partial charge in [0, 0.05) is 23.2 Å². The summed E-state index contributed by atoms with van der Waals surface area (Å²) < 4.78 is 52.3. The summed E-state index contributed by atoms with van der Waals surface area (Å²) in [5, 5.41) is 11.8. The number of alkyl halides is 2. The van der Waals surface area contributed by atoms with E-state index in [-0.39, 0.29) is 43.5 Å². The first-order valence-corrected chi connectivity index (χ1v) is 19.2. The first-order valence-electron chi connectivity index (χ1n) is 19.2. The molecule has 3 saturated carbocycles. The molecule has 2 unspecified atom stereocenters. The third-order valence-electron chi connectivity index (χ3n) is 13.2. The van der Waals surface area contributed by atoms with Crippen molar-refractivity contribution >= 4 is 17.5 Å². The molecule has 0 aromatic heterocycles. The van der Waals surface area contributed by atoms with Crippen LogP contribution in [0, 0.1) is 22.7 Å². The molecule has 1 spiro atoms. The quantitative estimate of drug-likeness (QED) is 0.155. The number of hydrogen-bond donors (Lipinski definition) is 1. The first kappa shape index (κ1) is 37.5. The third-order valence-corrected chi connectivity index (χ3v) is 13.2. The highest BCUT2D eigenvalue weighted by Crippen LogP contribution is 2.71. The number of hydrogen-bond acceptors (Lipinski definition) is 7.